The summed E-state index contributed by atoms with van der Waals surface area (Å²) in [4.78, 5) is 4.15. The van der Waals surface area contributed by atoms with Gasteiger partial charge in [0.2, 0.25) is 0 Å². The Hall–Kier alpha value is -1.43. The Balaban J connectivity index is 2.72. The molecule has 0 aliphatic carbocycles. The highest BCUT2D eigenvalue weighted by Crippen LogP contribution is 2.23. The SMILES string of the molecule is Cc1ccc2c(n1)NC=NS2(=O)=O. The van der Waals surface area contributed by atoms with E-state index in [1.807, 2.05) is 0 Å². The Labute approximate surface area is 75.6 Å². The number of sulfonamides is 1. The maximum absolute atomic E-state index is 11.3. The largest absolute Gasteiger partial charge is 0.329 e. The zero-order valence-corrected chi connectivity index (χ0v) is 7.67. The van der Waals surface area contributed by atoms with Crippen molar-refractivity contribution in [3.63, 3.8) is 0 Å². The number of aromatic nitrogens is 1. The second kappa shape index (κ2) is 2.53. The molecule has 0 unspecified atom stereocenters. The van der Waals surface area contributed by atoms with E-state index in [0.717, 1.165) is 12.0 Å². The number of aryl methyl sites for hydroxylation is 1. The number of nitrogens with zero attached hydrogens (tertiary/aromatic N) is 2. The number of pyridine rings is 1. The maximum atomic E-state index is 11.3. The lowest BCUT2D eigenvalue weighted by Crippen LogP contribution is -2.13. The third kappa shape index (κ3) is 1.29. The van der Waals surface area contributed by atoms with Gasteiger partial charge in [0.15, 0.2) is 5.82 Å². The maximum Gasteiger partial charge on any atom is 0.287 e. The lowest BCUT2D eigenvalue weighted by molar-refractivity contribution is 0.597. The third-order valence-electron chi connectivity index (χ3n) is 1.67. The first-order valence-corrected chi connectivity index (χ1v) is 5.06. The minimum Gasteiger partial charge on any atom is -0.329 e. The van der Waals surface area contributed by atoms with Crippen LogP contribution in [0.15, 0.2) is 21.4 Å². The molecule has 1 aliphatic heterocycles. The summed E-state index contributed by atoms with van der Waals surface area (Å²) in [5.41, 5.74) is 0.761. The van der Waals surface area contributed by atoms with Gasteiger partial charge in [-0.05, 0) is 19.1 Å². The van der Waals surface area contributed by atoms with E-state index in [4.69, 9.17) is 0 Å². The fraction of sp³-hybridized carbons (Fsp3) is 0.143. The van der Waals surface area contributed by atoms with Crippen molar-refractivity contribution in [2.24, 2.45) is 4.40 Å². The summed E-state index contributed by atoms with van der Waals surface area (Å²) in [7, 11) is -3.51. The van der Waals surface area contributed by atoms with Gasteiger partial charge in [-0.1, -0.05) is 0 Å². The number of anilines is 1. The van der Waals surface area contributed by atoms with Gasteiger partial charge in [-0.2, -0.15) is 8.42 Å². The van der Waals surface area contributed by atoms with E-state index in [0.29, 0.717) is 5.82 Å². The fourth-order valence-corrected chi connectivity index (χ4v) is 1.96. The fourth-order valence-electron chi connectivity index (χ4n) is 1.07. The number of nitrogens with one attached hydrogen (secondary N) is 1. The Kier molecular flexibility index (Phi) is 1.59. The summed E-state index contributed by atoms with van der Waals surface area (Å²) in [5.74, 6) is 0.343. The van der Waals surface area contributed by atoms with Crippen molar-refractivity contribution < 1.29 is 8.42 Å². The normalized spacial score (nSPS) is 17.6. The Morgan fingerprint density at radius 2 is 2.15 bits per heavy atom. The summed E-state index contributed by atoms with van der Waals surface area (Å²) >= 11 is 0. The Morgan fingerprint density at radius 3 is 2.92 bits per heavy atom. The van der Waals surface area contributed by atoms with Crippen molar-refractivity contribution in [2.45, 2.75) is 11.8 Å². The van der Waals surface area contributed by atoms with E-state index in [1.54, 1.807) is 13.0 Å². The van der Waals surface area contributed by atoms with Crippen LogP contribution in [-0.2, 0) is 10.0 Å². The van der Waals surface area contributed by atoms with E-state index in [2.05, 4.69) is 14.7 Å². The van der Waals surface area contributed by atoms with Crippen molar-refractivity contribution >= 4 is 22.2 Å². The highest BCUT2D eigenvalue weighted by atomic mass is 32.2. The molecule has 1 aromatic heterocycles. The van der Waals surface area contributed by atoms with Crippen LogP contribution in [0.2, 0.25) is 0 Å². The average molecular weight is 197 g/mol. The molecule has 1 N–H and O–H groups in total. The van der Waals surface area contributed by atoms with Crippen LogP contribution in [0.3, 0.4) is 0 Å². The minimum absolute atomic E-state index is 0.126. The third-order valence-corrected chi connectivity index (χ3v) is 2.94. The van der Waals surface area contributed by atoms with E-state index < -0.39 is 10.0 Å². The van der Waals surface area contributed by atoms with Crippen molar-refractivity contribution in [2.75, 3.05) is 5.32 Å². The molecule has 0 aromatic carbocycles. The van der Waals surface area contributed by atoms with Gasteiger partial charge >= 0.3 is 0 Å². The first-order valence-electron chi connectivity index (χ1n) is 3.62. The minimum atomic E-state index is -3.51. The zero-order valence-electron chi connectivity index (χ0n) is 6.85. The van der Waals surface area contributed by atoms with Gasteiger partial charge in [0.1, 0.15) is 11.2 Å². The molecular formula is C7H7N3O2S. The van der Waals surface area contributed by atoms with Crippen molar-refractivity contribution in [3.8, 4) is 0 Å². The number of hydrogen-bond acceptors (Lipinski definition) is 4. The standard InChI is InChI=1S/C7H7N3O2S/c1-5-2-3-6-7(10-5)8-4-9-13(6,11)12/h2-4H,1H3,(H,8,9,10). The summed E-state index contributed by atoms with van der Waals surface area (Å²) in [5, 5.41) is 2.68. The molecule has 1 aliphatic rings. The molecule has 0 saturated heterocycles. The van der Waals surface area contributed by atoms with Crippen LogP contribution < -0.4 is 5.32 Å². The van der Waals surface area contributed by atoms with E-state index in [-0.39, 0.29) is 4.90 Å². The van der Waals surface area contributed by atoms with Gasteiger partial charge in [0.05, 0.1) is 0 Å². The van der Waals surface area contributed by atoms with Crippen LogP contribution >= 0.6 is 0 Å². The number of rotatable bonds is 0. The van der Waals surface area contributed by atoms with E-state index in [9.17, 15) is 8.42 Å². The van der Waals surface area contributed by atoms with Crippen molar-refractivity contribution in [3.05, 3.63) is 17.8 Å². The summed E-state index contributed by atoms with van der Waals surface area (Å²) in [6.45, 7) is 1.79. The molecule has 5 nitrogen and oxygen atoms in total. The Morgan fingerprint density at radius 1 is 1.38 bits per heavy atom. The van der Waals surface area contributed by atoms with Crippen LogP contribution in [0.25, 0.3) is 0 Å². The van der Waals surface area contributed by atoms with E-state index >= 15 is 0 Å². The molecule has 2 heterocycles. The molecule has 0 bridgehead atoms. The van der Waals surface area contributed by atoms with Crippen LogP contribution in [-0.4, -0.2) is 19.7 Å². The van der Waals surface area contributed by atoms with Crippen LogP contribution in [0, 0.1) is 6.92 Å². The molecule has 2 rings (SSSR count). The van der Waals surface area contributed by atoms with Gasteiger partial charge in [-0.3, -0.25) is 0 Å². The highest BCUT2D eigenvalue weighted by molar-refractivity contribution is 7.90. The van der Waals surface area contributed by atoms with E-state index in [1.165, 1.54) is 6.07 Å². The molecule has 13 heavy (non-hydrogen) atoms. The molecule has 6 heteroatoms. The molecule has 0 radical (unpaired) electrons. The lowest BCUT2D eigenvalue weighted by atomic mass is 10.4. The predicted octanol–water partition coefficient (Wildman–Crippen LogP) is 0.533. The monoisotopic (exact) mass is 197 g/mol. The molecule has 1 aromatic rings. The molecule has 0 atom stereocenters. The van der Waals surface area contributed by atoms with Gasteiger partial charge in [0.25, 0.3) is 10.0 Å². The average Bonchev–Trinajstić information content (AvgIpc) is 2.02. The highest BCUT2D eigenvalue weighted by Gasteiger charge is 2.21. The smallest absolute Gasteiger partial charge is 0.287 e. The van der Waals surface area contributed by atoms with Crippen molar-refractivity contribution in [1.29, 1.82) is 0 Å². The molecule has 0 fully saturated rings. The van der Waals surface area contributed by atoms with Gasteiger partial charge in [-0.25, -0.2) is 4.98 Å². The zero-order chi connectivity index (χ0) is 9.47. The van der Waals surface area contributed by atoms with Crippen LogP contribution in [0.5, 0.6) is 0 Å². The van der Waals surface area contributed by atoms with Crippen LogP contribution in [0.4, 0.5) is 5.82 Å². The summed E-state index contributed by atoms with van der Waals surface area (Å²) in [6.07, 6.45) is 1.13. The lowest BCUT2D eigenvalue weighted by Gasteiger charge is -2.10. The molecule has 68 valence electrons. The first kappa shape index (κ1) is 8.18. The molecule has 0 spiro atoms. The second-order valence-electron chi connectivity index (χ2n) is 2.65. The quantitative estimate of drug-likeness (QED) is 0.658. The Bertz CT molecular complexity index is 479. The van der Waals surface area contributed by atoms with Crippen molar-refractivity contribution in [1.82, 2.24) is 4.98 Å². The first-order chi connectivity index (χ1) is 6.09. The van der Waals surface area contributed by atoms with Gasteiger partial charge in [0, 0.05) is 5.69 Å². The summed E-state index contributed by atoms with van der Waals surface area (Å²) < 4.78 is 25.9. The predicted molar refractivity (Wildman–Crippen MR) is 48.3 cm³/mol. The second-order valence-corrected chi connectivity index (χ2v) is 4.25. The topological polar surface area (TPSA) is 71.4 Å². The molecular weight excluding hydrogens is 190 g/mol. The molecule has 0 saturated carbocycles. The number of fused-ring (bicyclic) bond motifs is 1. The van der Waals surface area contributed by atoms with Gasteiger partial charge < -0.3 is 5.32 Å². The number of hydrogen-bond donors (Lipinski definition) is 1. The van der Waals surface area contributed by atoms with Gasteiger partial charge in [-0.15, -0.1) is 4.40 Å². The van der Waals surface area contributed by atoms with Crippen LogP contribution in [0.1, 0.15) is 5.69 Å². The molecule has 0 amide bonds. The summed E-state index contributed by atoms with van der Waals surface area (Å²) in [6, 6.07) is 3.13.